The van der Waals surface area contributed by atoms with Crippen LogP contribution >= 0.6 is 11.8 Å². The van der Waals surface area contributed by atoms with Gasteiger partial charge >= 0.3 is 5.97 Å². The second-order valence-corrected chi connectivity index (χ2v) is 5.53. The predicted molar refractivity (Wildman–Crippen MR) is 76.9 cm³/mol. The summed E-state index contributed by atoms with van der Waals surface area (Å²) in [5, 5.41) is 13.9. The molecule has 0 unspecified atom stereocenters. The fourth-order valence-corrected chi connectivity index (χ4v) is 2.73. The van der Waals surface area contributed by atoms with Gasteiger partial charge < -0.3 is 9.67 Å². The van der Waals surface area contributed by atoms with Crippen LogP contribution in [0.5, 0.6) is 0 Å². The van der Waals surface area contributed by atoms with Crippen molar-refractivity contribution in [2.75, 3.05) is 5.75 Å². The SMILES string of the molecule is Cc1cc(C)n(CCCn2ccnc2SCC(=O)O)n1. The lowest BCUT2D eigenvalue weighted by atomic mass is 10.4. The molecule has 0 atom stereocenters. The number of nitrogens with zero attached hydrogens (tertiary/aromatic N) is 4. The minimum atomic E-state index is -0.827. The summed E-state index contributed by atoms with van der Waals surface area (Å²) in [6, 6.07) is 2.06. The molecule has 2 heterocycles. The van der Waals surface area contributed by atoms with Crippen LogP contribution in [0.15, 0.2) is 23.6 Å². The summed E-state index contributed by atoms with van der Waals surface area (Å²) < 4.78 is 3.98. The lowest BCUT2D eigenvalue weighted by Crippen LogP contribution is -2.08. The van der Waals surface area contributed by atoms with Crippen molar-refractivity contribution in [3.05, 3.63) is 29.8 Å². The van der Waals surface area contributed by atoms with Crippen molar-refractivity contribution in [2.45, 2.75) is 38.5 Å². The summed E-state index contributed by atoms with van der Waals surface area (Å²) >= 11 is 1.25. The van der Waals surface area contributed by atoms with Gasteiger partial charge in [0.25, 0.3) is 0 Å². The molecule has 0 bridgehead atoms. The van der Waals surface area contributed by atoms with Gasteiger partial charge in [0.05, 0.1) is 11.4 Å². The van der Waals surface area contributed by atoms with E-state index in [0.717, 1.165) is 36.1 Å². The molecule has 0 aliphatic rings. The van der Waals surface area contributed by atoms with Crippen LogP contribution in [0, 0.1) is 13.8 Å². The van der Waals surface area contributed by atoms with Gasteiger partial charge in [-0.1, -0.05) is 11.8 Å². The molecule has 108 valence electrons. The topological polar surface area (TPSA) is 72.9 Å². The molecule has 0 fully saturated rings. The second-order valence-electron chi connectivity index (χ2n) is 4.59. The highest BCUT2D eigenvalue weighted by Crippen LogP contribution is 2.16. The standard InChI is InChI=1S/C13H18N4O2S/c1-10-8-11(2)17(15-10)6-3-5-16-7-4-14-13(16)20-9-12(18)19/h4,7-8H,3,5-6,9H2,1-2H3,(H,18,19). The summed E-state index contributed by atoms with van der Waals surface area (Å²) in [6.07, 6.45) is 4.51. The minimum absolute atomic E-state index is 0.0362. The highest BCUT2D eigenvalue weighted by Gasteiger charge is 2.07. The van der Waals surface area contributed by atoms with Gasteiger partial charge in [-0.3, -0.25) is 9.48 Å². The van der Waals surface area contributed by atoms with Crippen molar-refractivity contribution in [3.63, 3.8) is 0 Å². The van der Waals surface area contributed by atoms with E-state index in [0.29, 0.717) is 0 Å². The third kappa shape index (κ3) is 3.86. The Balaban J connectivity index is 1.86. The molecule has 2 aromatic rings. The molecule has 7 heteroatoms. The van der Waals surface area contributed by atoms with E-state index in [2.05, 4.69) is 16.1 Å². The first-order valence-electron chi connectivity index (χ1n) is 6.43. The molecule has 6 nitrogen and oxygen atoms in total. The molecule has 0 aromatic carbocycles. The number of aryl methyl sites for hydroxylation is 4. The molecule has 20 heavy (non-hydrogen) atoms. The van der Waals surface area contributed by atoms with Gasteiger partial charge in [-0.25, -0.2) is 4.98 Å². The Morgan fingerprint density at radius 3 is 2.85 bits per heavy atom. The number of thioether (sulfide) groups is 1. The molecule has 0 spiro atoms. The number of carboxylic acid groups (broad SMARTS) is 1. The Kier molecular flexibility index (Phi) is 4.84. The Labute approximate surface area is 121 Å². The molecule has 0 saturated carbocycles. The third-order valence-electron chi connectivity index (χ3n) is 2.87. The Morgan fingerprint density at radius 1 is 1.40 bits per heavy atom. The molecular weight excluding hydrogens is 276 g/mol. The van der Waals surface area contributed by atoms with Crippen LogP contribution in [-0.2, 0) is 17.9 Å². The Hall–Kier alpha value is -1.76. The fraction of sp³-hybridized carbons (Fsp3) is 0.462. The number of hydrogen-bond acceptors (Lipinski definition) is 4. The van der Waals surface area contributed by atoms with Gasteiger partial charge in [0.1, 0.15) is 0 Å². The Bertz CT molecular complexity index is 591. The van der Waals surface area contributed by atoms with Gasteiger partial charge in [0.2, 0.25) is 0 Å². The van der Waals surface area contributed by atoms with E-state index < -0.39 is 5.97 Å². The summed E-state index contributed by atoms with van der Waals surface area (Å²) in [4.78, 5) is 14.8. The zero-order chi connectivity index (χ0) is 14.5. The summed E-state index contributed by atoms with van der Waals surface area (Å²) in [6.45, 7) is 5.69. The molecule has 0 radical (unpaired) electrons. The van der Waals surface area contributed by atoms with E-state index in [1.807, 2.05) is 29.3 Å². The fourth-order valence-electron chi connectivity index (χ4n) is 2.02. The van der Waals surface area contributed by atoms with Crippen LogP contribution in [0.4, 0.5) is 0 Å². The summed E-state index contributed by atoms with van der Waals surface area (Å²) in [5.41, 5.74) is 2.19. The van der Waals surface area contributed by atoms with Crippen molar-refractivity contribution >= 4 is 17.7 Å². The number of aromatic nitrogens is 4. The van der Waals surface area contributed by atoms with E-state index in [1.54, 1.807) is 6.20 Å². The van der Waals surface area contributed by atoms with Gasteiger partial charge in [0.15, 0.2) is 5.16 Å². The average molecular weight is 294 g/mol. The van der Waals surface area contributed by atoms with Gasteiger partial charge in [-0.2, -0.15) is 5.10 Å². The summed E-state index contributed by atoms with van der Waals surface area (Å²) in [5.74, 6) is -0.790. The minimum Gasteiger partial charge on any atom is -0.481 e. The first-order valence-corrected chi connectivity index (χ1v) is 7.41. The molecule has 2 aromatic heterocycles. The second kappa shape index (κ2) is 6.60. The van der Waals surface area contributed by atoms with Crippen LogP contribution in [-0.4, -0.2) is 36.2 Å². The average Bonchev–Trinajstić information content (AvgIpc) is 2.94. The van der Waals surface area contributed by atoms with Crippen LogP contribution in [0.2, 0.25) is 0 Å². The molecular formula is C13H18N4O2S. The molecule has 1 N–H and O–H groups in total. The van der Waals surface area contributed by atoms with Gasteiger partial charge in [-0.05, 0) is 26.3 Å². The lowest BCUT2D eigenvalue weighted by molar-refractivity contribution is -0.133. The molecule has 0 amide bonds. The number of imidazole rings is 1. The van der Waals surface area contributed by atoms with Crippen LogP contribution in [0.25, 0.3) is 0 Å². The van der Waals surface area contributed by atoms with Crippen molar-refractivity contribution in [2.24, 2.45) is 0 Å². The number of carbonyl (C=O) groups is 1. The monoisotopic (exact) mass is 294 g/mol. The third-order valence-corrected chi connectivity index (χ3v) is 3.86. The van der Waals surface area contributed by atoms with Crippen LogP contribution in [0.3, 0.4) is 0 Å². The maximum Gasteiger partial charge on any atom is 0.313 e. The number of aliphatic carboxylic acids is 1. The largest absolute Gasteiger partial charge is 0.481 e. The predicted octanol–water partition coefficient (Wildman–Crippen LogP) is 1.96. The van der Waals surface area contributed by atoms with E-state index in [4.69, 9.17) is 5.11 Å². The zero-order valence-electron chi connectivity index (χ0n) is 11.6. The first-order chi connectivity index (χ1) is 9.56. The van der Waals surface area contributed by atoms with Crippen LogP contribution < -0.4 is 0 Å². The van der Waals surface area contributed by atoms with Gasteiger partial charge in [-0.15, -0.1) is 0 Å². The van der Waals surface area contributed by atoms with Crippen molar-refractivity contribution in [1.82, 2.24) is 19.3 Å². The van der Waals surface area contributed by atoms with E-state index >= 15 is 0 Å². The number of carboxylic acids is 1. The van der Waals surface area contributed by atoms with Crippen LogP contribution in [0.1, 0.15) is 17.8 Å². The molecule has 0 aliphatic carbocycles. The highest BCUT2D eigenvalue weighted by molar-refractivity contribution is 7.99. The quantitative estimate of drug-likeness (QED) is 0.790. The van der Waals surface area contributed by atoms with E-state index in [1.165, 1.54) is 11.8 Å². The van der Waals surface area contributed by atoms with E-state index in [-0.39, 0.29) is 5.75 Å². The highest BCUT2D eigenvalue weighted by atomic mass is 32.2. The van der Waals surface area contributed by atoms with Crippen molar-refractivity contribution in [3.8, 4) is 0 Å². The maximum atomic E-state index is 10.6. The number of hydrogen-bond donors (Lipinski definition) is 1. The normalized spacial score (nSPS) is 10.9. The first kappa shape index (κ1) is 14.6. The molecule has 2 rings (SSSR count). The molecule has 0 saturated heterocycles. The van der Waals surface area contributed by atoms with Crippen molar-refractivity contribution < 1.29 is 9.90 Å². The zero-order valence-corrected chi connectivity index (χ0v) is 12.4. The smallest absolute Gasteiger partial charge is 0.313 e. The maximum absolute atomic E-state index is 10.6. The molecule has 0 aliphatic heterocycles. The van der Waals surface area contributed by atoms with Gasteiger partial charge in [0, 0.05) is 31.2 Å². The summed E-state index contributed by atoms with van der Waals surface area (Å²) in [7, 11) is 0. The van der Waals surface area contributed by atoms with E-state index in [9.17, 15) is 4.79 Å². The lowest BCUT2D eigenvalue weighted by Gasteiger charge is -2.08. The number of rotatable bonds is 7. The Morgan fingerprint density at radius 2 is 2.20 bits per heavy atom. The van der Waals surface area contributed by atoms with Crippen molar-refractivity contribution in [1.29, 1.82) is 0 Å².